The van der Waals surface area contributed by atoms with Gasteiger partial charge in [0.05, 0.1) is 24.1 Å². The third kappa shape index (κ3) is 3.65. The van der Waals surface area contributed by atoms with Crippen LogP contribution in [0.4, 0.5) is 0 Å². The number of ether oxygens (including phenoxy) is 2. The number of methoxy groups -OCH3 is 1. The van der Waals surface area contributed by atoms with E-state index in [0.717, 1.165) is 4.68 Å². The molecule has 0 fully saturated rings. The molecule has 0 unspecified atom stereocenters. The smallest absolute Gasteiger partial charge is 0.280 e. The average Bonchev–Trinajstić information content (AvgIpc) is 2.48. The monoisotopic (exact) mass is 291 g/mol. The molecule has 1 aromatic carbocycles. The summed E-state index contributed by atoms with van der Waals surface area (Å²) in [6.07, 6.45) is 0. The van der Waals surface area contributed by atoms with Crippen molar-refractivity contribution < 1.29 is 14.3 Å². The largest absolute Gasteiger partial charge is 0.382 e. The molecule has 21 heavy (non-hydrogen) atoms. The molecular weight excluding hydrogens is 274 g/mol. The molecule has 0 aliphatic rings. The van der Waals surface area contributed by atoms with Crippen molar-refractivity contribution in [1.29, 1.82) is 0 Å². The molecule has 1 amide bonds. The van der Waals surface area contributed by atoms with E-state index in [1.165, 1.54) is 0 Å². The van der Waals surface area contributed by atoms with Crippen LogP contribution in [0.3, 0.4) is 0 Å². The third-order valence-electron chi connectivity index (χ3n) is 2.84. The second kappa shape index (κ2) is 6.96. The summed E-state index contributed by atoms with van der Waals surface area (Å²) >= 11 is 0. The number of hydrogen-bond donors (Lipinski definition) is 1. The minimum atomic E-state index is -0.423. The highest BCUT2D eigenvalue weighted by molar-refractivity contribution is 5.85. The van der Waals surface area contributed by atoms with Crippen molar-refractivity contribution in [3.05, 3.63) is 40.4 Å². The van der Waals surface area contributed by atoms with Gasteiger partial charge < -0.3 is 9.47 Å². The Hall–Kier alpha value is -2.25. The maximum absolute atomic E-state index is 12.3. The molecule has 0 radical (unpaired) electrons. The Bertz CT molecular complexity index is 696. The van der Waals surface area contributed by atoms with Gasteiger partial charge in [-0.15, -0.1) is 0 Å². The van der Waals surface area contributed by atoms with Crippen molar-refractivity contribution >= 4 is 16.8 Å². The predicted octanol–water partition coefficient (Wildman–Crippen LogP) is 0.438. The first-order chi connectivity index (χ1) is 10.1. The van der Waals surface area contributed by atoms with Gasteiger partial charge in [-0.05, 0) is 19.1 Å². The van der Waals surface area contributed by atoms with Gasteiger partial charge in [0, 0.05) is 7.11 Å². The molecule has 2 rings (SSSR count). The fourth-order valence-corrected chi connectivity index (χ4v) is 1.84. The minimum absolute atomic E-state index is 0.151. The number of fused-ring (bicyclic) bond motifs is 1. The molecular formula is C14H17N3O4. The summed E-state index contributed by atoms with van der Waals surface area (Å²) in [6.45, 7) is 2.22. The lowest BCUT2D eigenvalue weighted by atomic mass is 10.2. The molecule has 0 bridgehead atoms. The number of amides is 1. The lowest BCUT2D eigenvalue weighted by Crippen LogP contribution is -2.37. The molecule has 0 saturated heterocycles. The predicted molar refractivity (Wildman–Crippen MR) is 77.8 cm³/mol. The number of carbonyl (C=O) groups is 1. The second-order valence-electron chi connectivity index (χ2n) is 4.40. The van der Waals surface area contributed by atoms with E-state index in [2.05, 4.69) is 10.4 Å². The van der Waals surface area contributed by atoms with Crippen LogP contribution in [-0.4, -0.2) is 42.5 Å². The zero-order valence-electron chi connectivity index (χ0n) is 12.0. The first-order valence-corrected chi connectivity index (χ1v) is 6.48. The molecule has 0 atom stereocenters. The Morgan fingerprint density at radius 2 is 2.10 bits per heavy atom. The summed E-state index contributed by atoms with van der Waals surface area (Å²) in [6, 6.07) is 6.98. The molecule has 0 aliphatic heterocycles. The summed E-state index contributed by atoms with van der Waals surface area (Å²) in [4.78, 5) is 28.3. The van der Waals surface area contributed by atoms with Crippen molar-refractivity contribution in [2.75, 3.05) is 32.4 Å². The van der Waals surface area contributed by atoms with E-state index >= 15 is 0 Å². The van der Waals surface area contributed by atoms with Crippen molar-refractivity contribution in [2.45, 2.75) is 6.92 Å². The number of hydrogen-bond acceptors (Lipinski definition) is 5. The highest BCUT2D eigenvalue weighted by Crippen LogP contribution is 2.06. The van der Waals surface area contributed by atoms with Crippen LogP contribution < -0.4 is 11.0 Å². The summed E-state index contributed by atoms with van der Waals surface area (Å²) < 4.78 is 11.0. The van der Waals surface area contributed by atoms with Crippen molar-refractivity contribution in [3.8, 4) is 0 Å². The molecule has 1 N–H and O–H groups in total. The Labute approximate surface area is 121 Å². The summed E-state index contributed by atoms with van der Waals surface area (Å²) in [5.41, 5.74) is 2.77. The highest BCUT2D eigenvalue weighted by Gasteiger charge is 2.10. The Morgan fingerprint density at radius 3 is 2.86 bits per heavy atom. The molecule has 0 spiro atoms. The molecule has 1 aromatic heterocycles. The number of para-hydroxylation sites is 1. The number of benzene rings is 1. The van der Waals surface area contributed by atoms with Gasteiger partial charge >= 0.3 is 0 Å². The third-order valence-corrected chi connectivity index (χ3v) is 2.84. The van der Waals surface area contributed by atoms with Gasteiger partial charge in [0.2, 0.25) is 0 Å². The average molecular weight is 291 g/mol. The van der Waals surface area contributed by atoms with Crippen LogP contribution in [0.2, 0.25) is 0 Å². The number of carbonyl (C=O) groups excluding carboxylic acids is 1. The molecule has 2 aromatic rings. The van der Waals surface area contributed by atoms with Gasteiger partial charge in [0.15, 0.2) is 0 Å². The lowest BCUT2D eigenvalue weighted by Gasteiger charge is -2.12. The zero-order chi connectivity index (χ0) is 15.2. The van der Waals surface area contributed by atoms with E-state index in [0.29, 0.717) is 29.9 Å². The summed E-state index contributed by atoms with van der Waals surface area (Å²) in [5, 5.41) is 0.448. The van der Waals surface area contributed by atoms with Gasteiger partial charge in [-0.25, -0.2) is 9.66 Å². The maximum Gasteiger partial charge on any atom is 0.280 e. The maximum atomic E-state index is 12.3. The standard InChI is InChI=1S/C14H17N3O4/c1-10-15-12-6-4-3-5-11(12)14(19)17(10)16-13(18)9-21-8-7-20-2/h3-6H,7-9H2,1-2H3,(H,16,18). The van der Waals surface area contributed by atoms with E-state index in [1.54, 1.807) is 38.3 Å². The number of rotatable bonds is 6. The first kappa shape index (κ1) is 15.1. The normalized spacial score (nSPS) is 10.8. The fourth-order valence-electron chi connectivity index (χ4n) is 1.84. The molecule has 112 valence electrons. The van der Waals surface area contributed by atoms with Crippen molar-refractivity contribution in [3.63, 3.8) is 0 Å². The van der Waals surface area contributed by atoms with Gasteiger partial charge in [-0.3, -0.25) is 15.0 Å². The van der Waals surface area contributed by atoms with Crippen LogP contribution in [0.1, 0.15) is 5.82 Å². The van der Waals surface area contributed by atoms with Crippen LogP contribution in [0.25, 0.3) is 10.9 Å². The number of aromatic nitrogens is 2. The van der Waals surface area contributed by atoms with E-state index in [9.17, 15) is 9.59 Å². The quantitative estimate of drug-likeness (QED) is 0.781. The molecule has 1 heterocycles. The second-order valence-corrected chi connectivity index (χ2v) is 4.40. The molecule has 7 heteroatoms. The molecule has 0 aliphatic carbocycles. The number of nitrogens with zero attached hydrogens (tertiary/aromatic N) is 2. The Balaban J connectivity index is 2.15. The topological polar surface area (TPSA) is 82.4 Å². The van der Waals surface area contributed by atoms with Crippen LogP contribution in [0, 0.1) is 6.92 Å². The molecule has 0 saturated carbocycles. The highest BCUT2D eigenvalue weighted by atomic mass is 16.5. The van der Waals surface area contributed by atoms with E-state index in [1.807, 2.05) is 0 Å². The minimum Gasteiger partial charge on any atom is -0.382 e. The van der Waals surface area contributed by atoms with Crippen LogP contribution >= 0.6 is 0 Å². The number of aryl methyl sites for hydroxylation is 1. The zero-order valence-corrected chi connectivity index (χ0v) is 12.0. The van der Waals surface area contributed by atoms with E-state index in [4.69, 9.17) is 9.47 Å². The van der Waals surface area contributed by atoms with E-state index in [-0.39, 0.29) is 12.2 Å². The summed E-state index contributed by atoms with van der Waals surface area (Å²) in [5.74, 6) is -0.0164. The number of nitrogens with one attached hydrogen (secondary N) is 1. The first-order valence-electron chi connectivity index (χ1n) is 6.48. The SMILES string of the molecule is COCCOCC(=O)Nn1c(C)nc2ccccc2c1=O. The van der Waals surface area contributed by atoms with Crippen LogP contribution in [-0.2, 0) is 14.3 Å². The van der Waals surface area contributed by atoms with Crippen LogP contribution in [0.5, 0.6) is 0 Å². The van der Waals surface area contributed by atoms with Gasteiger partial charge in [-0.1, -0.05) is 12.1 Å². The van der Waals surface area contributed by atoms with Gasteiger partial charge in [0.25, 0.3) is 11.5 Å². The lowest BCUT2D eigenvalue weighted by molar-refractivity contribution is -0.122. The summed E-state index contributed by atoms with van der Waals surface area (Å²) in [7, 11) is 1.55. The van der Waals surface area contributed by atoms with Crippen molar-refractivity contribution in [2.24, 2.45) is 0 Å². The van der Waals surface area contributed by atoms with E-state index < -0.39 is 5.91 Å². The van der Waals surface area contributed by atoms with Crippen LogP contribution in [0.15, 0.2) is 29.1 Å². The van der Waals surface area contributed by atoms with Crippen molar-refractivity contribution in [1.82, 2.24) is 9.66 Å². The van der Waals surface area contributed by atoms with Gasteiger partial charge in [0.1, 0.15) is 12.4 Å². The fraction of sp³-hybridized carbons (Fsp3) is 0.357. The Morgan fingerprint density at radius 1 is 1.33 bits per heavy atom. The Kier molecular flexibility index (Phi) is 5.02. The molecule has 7 nitrogen and oxygen atoms in total. The van der Waals surface area contributed by atoms with Gasteiger partial charge in [-0.2, -0.15) is 0 Å².